The van der Waals surface area contributed by atoms with Gasteiger partial charge < -0.3 is 14.6 Å². The molecule has 0 bridgehead atoms. The molecular weight excluding hydrogens is 242 g/mol. The van der Waals surface area contributed by atoms with Crippen molar-refractivity contribution in [3.8, 4) is 11.4 Å². The molecule has 0 atom stereocenters. The maximum absolute atomic E-state index is 11.6. The molecule has 1 amide bonds. The van der Waals surface area contributed by atoms with Crippen molar-refractivity contribution in [2.45, 2.75) is 26.3 Å². The molecule has 0 aliphatic carbocycles. The molecule has 0 unspecified atom stereocenters. The fourth-order valence-corrected chi connectivity index (χ4v) is 1.54. The van der Waals surface area contributed by atoms with Gasteiger partial charge in [-0.25, -0.2) is 4.79 Å². The van der Waals surface area contributed by atoms with Crippen LogP contribution in [0, 0.1) is 0 Å². The Kier molecular flexibility index (Phi) is 3.55. The second-order valence-corrected chi connectivity index (χ2v) is 5.23. The third kappa shape index (κ3) is 3.84. The smallest absolute Gasteiger partial charge is 0.409 e. The summed E-state index contributed by atoms with van der Waals surface area (Å²) in [4.78, 5) is 15.7. The number of amides is 1. The summed E-state index contributed by atoms with van der Waals surface area (Å²) < 4.78 is 7.04. The molecule has 5 heteroatoms. The maximum Gasteiger partial charge on any atom is 0.413 e. The molecule has 1 N–H and O–H groups in total. The molecule has 0 aliphatic rings. The van der Waals surface area contributed by atoms with Crippen molar-refractivity contribution in [3.63, 3.8) is 0 Å². The monoisotopic (exact) mass is 259 g/mol. The highest BCUT2D eigenvalue weighted by atomic mass is 16.6. The van der Waals surface area contributed by atoms with Gasteiger partial charge in [0.15, 0.2) is 5.75 Å². The minimum Gasteiger partial charge on any atom is -0.409 e. The zero-order chi connectivity index (χ0) is 13.9. The van der Waals surface area contributed by atoms with Crippen molar-refractivity contribution in [2.75, 3.05) is 0 Å². The van der Waals surface area contributed by atoms with Crippen LogP contribution in [0.2, 0.25) is 0 Å². The number of rotatable bonds is 2. The molecule has 0 saturated heterocycles. The molecule has 0 spiro atoms. The third-order valence-corrected chi connectivity index (χ3v) is 2.30. The molecule has 0 radical (unpaired) electrons. The van der Waals surface area contributed by atoms with Crippen LogP contribution in [0.4, 0.5) is 4.79 Å². The van der Waals surface area contributed by atoms with Crippen molar-refractivity contribution in [2.24, 2.45) is 0 Å². The summed E-state index contributed by atoms with van der Waals surface area (Å²) in [5.41, 5.74) is 0.594. The van der Waals surface area contributed by atoms with E-state index in [1.54, 1.807) is 24.7 Å². The van der Waals surface area contributed by atoms with Gasteiger partial charge in [-0.2, -0.15) is 0 Å². The fraction of sp³-hybridized carbons (Fsp3) is 0.286. The standard InChI is InChI=1S/C14H17N3O2/c1-14(2,3)16-13(18)19-12-6-8-17(10-12)11-5-4-7-15-9-11/h4-10H,1-3H3,(H,16,18). The van der Waals surface area contributed by atoms with Gasteiger partial charge in [-0.05, 0) is 39.0 Å². The lowest BCUT2D eigenvalue weighted by Crippen LogP contribution is -2.42. The van der Waals surface area contributed by atoms with E-state index in [2.05, 4.69) is 10.3 Å². The first-order valence-electron chi connectivity index (χ1n) is 6.02. The summed E-state index contributed by atoms with van der Waals surface area (Å²) in [5, 5.41) is 2.73. The molecular formula is C14H17N3O2. The molecule has 19 heavy (non-hydrogen) atoms. The van der Waals surface area contributed by atoms with Crippen LogP contribution in [0.15, 0.2) is 43.0 Å². The Labute approximate surface area is 112 Å². The van der Waals surface area contributed by atoms with Crippen LogP contribution in [0.1, 0.15) is 20.8 Å². The van der Waals surface area contributed by atoms with Crippen molar-refractivity contribution in [1.29, 1.82) is 0 Å². The molecule has 0 saturated carbocycles. The van der Waals surface area contributed by atoms with Gasteiger partial charge in [0.25, 0.3) is 0 Å². The van der Waals surface area contributed by atoms with E-state index in [0.29, 0.717) is 5.75 Å². The van der Waals surface area contributed by atoms with E-state index in [4.69, 9.17) is 4.74 Å². The molecule has 0 fully saturated rings. The molecule has 5 nitrogen and oxygen atoms in total. The van der Waals surface area contributed by atoms with E-state index in [-0.39, 0.29) is 5.54 Å². The van der Waals surface area contributed by atoms with Crippen LogP contribution >= 0.6 is 0 Å². The summed E-state index contributed by atoms with van der Waals surface area (Å²) in [7, 11) is 0. The highest BCUT2D eigenvalue weighted by Crippen LogP contribution is 2.16. The van der Waals surface area contributed by atoms with E-state index < -0.39 is 6.09 Å². The highest BCUT2D eigenvalue weighted by Gasteiger charge is 2.15. The van der Waals surface area contributed by atoms with Crippen LogP contribution in [-0.2, 0) is 0 Å². The van der Waals surface area contributed by atoms with Gasteiger partial charge >= 0.3 is 6.09 Å². The largest absolute Gasteiger partial charge is 0.413 e. The summed E-state index contributed by atoms with van der Waals surface area (Å²) in [5.74, 6) is 0.491. The van der Waals surface area contributed by atoms with Gasteiger partial charge in [0.2, 0.25) is 0 Å². The highest BCUT2D eigenvalue weighted by molar-refractivity contribution is 5.71. The van der Waals surface area contributed by atoms with Gasteiger partial charge in [-0.1, -0.05) is 0 Å². The summed E-state index contributed by atoms with van der Waals surface area (Å²) in [6.07, 6.45) is 6.53. The number of carbonyl (C=O) groups is 1. The molecule has 100 valence electrons. The molecule has 0 aliphatic heterocycles. The van der Waals surface area contributed by atoms with Crippen LogP contribution in [0.25, 0.3) is 5.69 Å². The van der Waals surface area contributed by atoms with Crippen molar-refractivity contribution >= 4 is 6.09 Å². The number of aromatic nitrogens is 2. The van der Waals surface area contributed by atoms with Gasteiger partial charge in [0, 0.05) is 17.9 Å². The van der Waals surface area contributed by atoms with Crippen molar-refractivity contribution < 1.29 is 9.53 Å². The maximum atomic E-state index is 11.6. The Bertz CT molecular complexity index is 556. The average Bonchev–Trinajstić information content (AvgIpc) is 2.76. The van der Waals surface area contributed by atoms with E-state index >= 15 is 0 Å². The Morgan fingerprint density at radius 2 is 2.16 bits per heavy atom. The lowest BCUT2D eigenvalue weighted by Gasteiger charge is -2.19. The quantitative estimate of drug-likeness (QED) is 0.902. The van der Waals surface area contributed by atoms with Gasteiger partial charge in [-0.15, -0.1) is 0 Å². The predicted molar refractivity (Wildman–Crippen MR) is 72.5 cm³/mol. The average molecular weight is 259 g/mol. The minimum atomic E-state index is -0.462. The van der Waals surface area contributed by atoms with E-state index in [1.807, 2.05) is 43.7 Å². The topological polar surface area (TPSA) is 56.1 Å². The van der Waals surface area contributed by atoms with Crippen LogP contribution in [0.3, 0.4) is 0 Å². The zero-order valence-electron chi connectivity index (χ0n) is 11.3. The number of nitrogens with one attached hydrogen (secondary N) is 1. The summed E-state index contributed by atoms with van der Waals surface area (Å²) >= 11 is 0. The number of hydrogen-bond donors (Lipinski definition) is 1. The predicted octanol–water partition coefficient (Wildman–Crippen LogP) is 2.76. The van der Waals surface area contributed by atoms with E-state index in [1.165, 1.54) is 0 Å². The number of carbonyl (C=O) groups excluding carboxylic acids is 1. The van der Waals surface area contributed by atoms with Gasteiger partial charge in [0.1, 0.15) is 0 Å². The van der Waals surface area contributed by atoms with E-state index in [0.717, 1.165) is 5.69 Å². The normalized spacial score (nSPS) is 11.1. The van der Waals surface area contributed by atoms with Gasteiger partial charge in [0.05, 0.1) is 18.1 Å². The first kappa shape index (κ1) is 13.1. The Morgan fingerprint density at radius 1 is 1.37 bits per heavy atom. The lowest BCUT2D eigenvalue weighted by molar-refractivity contribution is 0.190. The first-order valence-corrected chi connectivity index (χ1v) is 6.02. The SMILES string of the molecule is CC(C)(C)NC(=O)Oc1ccn(-c2cccnc2)c1. The first-order chi connectivity index (χ1) is 8.94. The van der Waals surface area contributed by atoms with Crippen LogP contribution < -0.4 is 10.1 Å². The number of nitrogens with zero attached hydrogens (tertiary/aromatic N) is 2. The third-order valence-electron chi connectivity index (χ3n) is 2.30. The number of ether oxygens (including phenoxy) is 1. The summed E-state index contributed by atoms with van der Waals surface area (Å²) in [6.45, 7) is 5.69. The fourth-order valence-electron chi connectivity index (χ4n) is 1.54. The van der Waals surface area contributed by atoms with Crippen LogP contribution in [0.5, 0.6) is 5.75 Å². The Morgan fingerprint density at radius 3 is 2.79 bits per heavy atom. The van der Waals surface area contributed by atoms with Crippen LogP contribution in [-0.4, -0.2) is 21.2 Å². The summed E-state index contributed by atoms with van der Waals surface area (Å²) in [6, 6.07) is 5.50. The second-order valence-electron chi connectivity index (χ2n) is 5.23. The molecule has 2 heterocycles. The molecule has 0 aromatic carbocycles. The second kappa shape index (κ2) is 5.14. The van der Waals surface area contributed by atoms with Gasteiger partial charge in [-0.3, -0.25) is 4.98 Å². The Hall–Kier alpha value is -2.30. The van der Waals surface area contributed by atoms with E-state index in [9.17, 15) is 4.79 Å². The zero-order valence-corrected chi connectivity index (χ0v) is 11.3. The minimum absolute atomic E-state index is 0.316. The molecule has 2 aromatic rings. The Balaban J connectivity index is 2.04. The lowest BCUT2D eigenvalue weighted by atomic mass is 10.1. The number of hydrogen-bond acceptors (Lipinski definition) is 3. The molecule has 2 rings (SSSR count). The van der Waals surface area contributed by atoms with Crippen molar-refractivity contribution in [3.05, 3.63) is 43.0 Å². The number of pyridine rings is 1. The molecule has 2 aromatic heterocycles. The van der Waals surface area contributed by atoms with Crippen molar-refractivity contribution in [1.82, 2.24) is 14.9 Å².